The van der Waals surface area contributed by atoms with Crippen molar-refractivity contribution in [1.29, 1.82) is 0 Å². The predicted molar refractivity (Wildman–Crippen MR) is 136 cm³/mol. The first kappa shape index (κ1) is 26.3. The number of piperazine rings is 2. The van der Waals surface area contributed by atoms with Crippen LogP contribution < -0.4 is 19.9 Å². The van der Waals surface area contributed by atoms with Gasteiger partial charge in [-0.25, -0.2) is 4.79 Å². The van der Waals surface area contributed by atoms with Crippen molar-refractivity contribution in [3.63, 3.8) is 0 Å². The number of carbonyl (C=O) groups excluding carboxylic acids is 1. The summed E-state index contributed by atoms with van der Waals surface area (Å²) in [7, 11) is 0. The highest BCUT2D eigenvalue weighted by atomic mass is 19.4. The maximum absolute atomic E-state index is 12.6. The second-order valence-corrected chi connectivity index (χ2v) is 9.65. The molecule has 0 aliphatic carbocycles. The topological polar surface area (TPSA) is 86.3 Å². The number of amides is 2. The van der Waals surface area contributed by atoms with E-state index in [4.69, 9.17) is 4.74 Å². The molecule has 3 aliphatic rings. The van der Waals surface area contributed by atoms with Crippen molar-refractivity contribution in [1.82, 2.24) is 20.0 Å². The highest BCUT2D eigenvalue weighted by Gasteiger charge is 2.31. The number of urea groups is 1. The number of nitrogens with zero attached hydrogens (tertiary/aromatic N) is 6. The van der Waals surface area contributed by atoms with Gasteiger partial charge in [0, 0.05) is 71.2 Å². The maximum Gasteiger partial charge on any atom is 0.573 e. The summed E-state index contributed by atoms with van der Waals surface area (Å²) in [6.45, 7) is 7.84. The Hall–Kier alpha value is -3.32. The Morgan fingerprint density at radius 1 is 0.921 bits per heavy atom. The van der Waals surface area contributed by atoms with Crippen molar-refractivity contribution in [2.24, 2.45) is 0 Å². The number of hydrogen-bond donors (Lipinski definition) is 1. The molecule has 1 aromatic heterocycles. The van der Waals surface area contributed by atoms with E-state index in [1.54, 1.807) is 4.90 Å². The Kier molecular flexibility index (Phi) is 8.03. The van der Waals surface area contributed by atoms with Crippen LogP contribution in [0.3, 0.4) is 0 Å². The van der Waals surface area contributed by atoms with Crippen molar-refractivity contribution in [2.45, 2.75) is 25.3 Å². The van der Waals surface area contributed by atoms with E-state index < -0.39 is 6.36 Å². The lowest BCUT2D eigenvalue weighted by atomic mass is 10.2. The molecule has 4 heterocycles. The first-order valence-corrected chi connectivity index (χ1v) is 12.9. The summed E-state index contributed by atoms with van der Waals surface area (Å²) in [6, 6.07) is 8.73. The van der Waals surface area contributed by atoms with Crippen LogP contribution in [0.1, 0.15) is 12.8 Å². The minimum Gasteiger partial charge on any atom is -0.406 e. The van der Waals surface area contributed by atoms with Gasteiger partial charge in [-0.2, -0.15) is 0 Å². The Morgan fingerprint density at radius 2 is 1.53 bits per heavy atom. The average molecular weight is 536 g/mol. The van der Waals surface area contributed by atoms with Crippen LogP contribution in [-0.2, 0) is 4.74 Å². The third-order valence-electron chi connectivity index (χ3n) is 7.05. The number of aromatic nitrogens is 2. The van der Waals surface area contributed by atoms with Crippen molar-refractivity contribution >= 4 is 23.4 Å². The molecule has 2 amide bonds. The van der Waals surface area contributed by atoms with Crippen molar-refractivity contribution < 1.29 is 27.4 Å². The van der Waals surface area contributed by atoms with Gasteiger partial charge in [-0.3, -0.25) is 4.90 Å². The standard InChI is InChI=1S/C25H32F3N7O3/c26-25(27,28)38-20-5-3-19(4-6-20)29-24(36)35-15-13-34(14-16-35)23-8-7-22(30-31-23)33-11-9-32(10-12-33)18-21-2-1-17-37-21/h3-8,21H,1-2,9-18H2,(H,29,36). The molecular weight excluding hydrogens is 503 g/mol. The van der Waals surface area contributed by atoms with Crippen LogP contribution in [0.4, 0.5) is 35.3 Å². The highest BCUT2D eigenvalue weighted by Crippen LogP contribution is 2.24. The summed E-state index contributed by atoms with van der Waals surface area (Å²) in [5.74, 6) is 1.30. The van der Waals surface area contributed by atoms with E-state index in [0.29, 0.717) is 38.0 Å². The number of carbonyl (C=O) groups is 1. The van der Waals surface area contributed by atoms with E-state index in [9.17, 15) is 18.0 Å². The fourth-order valence-electron chi connectivity index (χ4n) is 4.97. The molecule has 5 rings (SSSR count). The molecule has 38 heavy (non-hydrogen) atoms. The number of benzene rings is 1. The van der Waals surface area contributed by atoms with Gasteiger partial charge in [0.1, 0.15) is 5.75 Å². The van der Waals surface area contributed by atoms with Gasteiger partial charge in [0.05, 0.1) is 6.10 Å². The fourth-order valence-corrected chi connectivity index (χ4v) is 4.97. The summed E-state index contributed by atoms with van der Waals surface area (Å²) in [4.78, 5) is 21.1. The third kappa shape index (κ3) is 6.95. The normalized spacial score (nSPS) is 21.0. The second kappa shape index (κ2) is 11.6. The van der Waals surface area contributed by atoms with Gasteiger partial charge in [0.25, 0.3) is 0 Å². The Morgan fingerprint density at radius 3 is 2.05 bits per heavy atom. The average Bonchev–Trinajstić information content (AvgIpc) is 3.43. The van der Waals surface area contributed by atoms with Gasteiger partial charge in [-0.15, -0.1) is 23.4 Å². The lowest BCUT2D eigenvalue weighted by Crippen LogP contribution is -2.50. The molecular formula is C25H32F3N7O3. The van der Waals surface area contributed by atoms with Crippen LogP contribution in [0.5, 0.6) is 5.75 Å². The molecule has 1 atom stereocenters. The van der Waals surface area contributed by atoms with Crippen LogP contribution >= 0.6 is 0 Å². The summed E-state index contributed by atoms with van der Waals surface area (Å²) in [6.07, 6.45) is -2.06. The summed E-state index contributed by atoms with van der Waals surface area (Å²) in [5.41, 5.74) is 0.390. The number of alkyl halides is 3. The van der Waals surface area contributed by atoms with Gasteiger partial charge in [-0.1, -0.05) is 0 Å². The Labute approximate surface area is 219 Å². The van der Waals surface area contributed by atoms with Crippen LogP contribution in [0.15, 0.2) is 36.4 Å². The fraction of sp³-hybridized carbons (Fsp3) is 0.560. The van der Waals surface area contributed by atoms with E-state index in [0.717, 1.165) is 75.9 Å². The molecule has 206 valence electrons. The number of halogens is 3. The first-order chi connectivity index (χ1) is 18.3. The zero-order valence-corrected chi connectivity index (χ0v) is 21.1. The van der Waals surface area contributed by atoms with Crippen LogP contribution in [0, 0.1) is 0 Å². The molecule has 1 N–H and O–H groups in total. The molecule has 3 aliphatic heterocycles. The molecule has 0 saturated carbocycles. The predicted octanol–water partition coefficient (Wildman–Crippen LogP) is 3.03. The molecule has 0 bridgehead atoms. The zero-order chi connectivity index (χ0) is 26.5. The second-order valence-electron chi connectivity index (χ2n) is 9.65. The van der Waals surface area contributed by atoms with Crippen LogP contribution in [0.25, 0.3) is 0 Å². The summed E-state index contributed by atoms with van der Waals surface area (Å²) in [5, 5.41) is 11.6. The van der Waals surface area contributed by atoms with E-state index in [2.05, 4.69) is 35.0 Å². The molecule has 3 saturated heterocycles. The van der Waals surface area contributed by atoms with Gasteiger partial charge < -0.3 is 29.5 Å². The SMILES string of the molecule is O=C(Nc1ccc(OC(F)(F)F)cc1)N1CCN(c2ccc(N3CCN(CC4CCCO4)CC3)nn2)CC1. The lowest BCUT2D eigenvalue weighted by molar-refractivity contribution is -0.274. The summed E-state index contributed by atoms with van der Waals surface area (Å²) < 4.78 is 46.5. The molecule has 2 aromatic rings. The number of anilines is 3. The zero-order valence-electron chi connectivity index (χ0n) is 21.1. The van der Waals surface area contributed by atoms with Crippen molar-refractivity contribution in [2.75, 3.05) is 80.6 Å². The van der Waals surface area contributed by atoms with E-state index >= 15 is 0 Å². The molecule has 3 fully saturated rings. The maximum atomic E-state index is 12.6. The number of hydrogen-bond acceptors (Lipinski definition) is 8. The number of nitrogens with one attached hydrogen (secondary N) is 1. The van der Waals surface area contributed by atoms with E-state index in [1.165, 1.54) is 12.1 Å². The molecule has 0 radical (unpaired) electrons. The molecule has 0 spiro atoms. The minimum atomic E-state index is -4.75. The van der Waals surface area contributed by atoms with Gasteiger partial charge in [0.2, 0.25) is 0 Å². The van der Waals surface area contributed by atoms with E-state index in [-0.39, 0.29) is 11.8 Å². The molecule has 1 aromatic carbocycles. The minimum absolute atomic E-state index is 0.311. The Balaban J connectivity index is 1.05. The molecule has 10 nitrogen and oxygen atoms in total. The largest absolute Gasteiger partial charge is 0.573 e. The van der Waals surface area contributed by atoms with Crippen molar-refractivity contribution in [3.05, 3.63) is 36.4 Å². The molecule has 13 heteroatoms. The monoisotopic (exact) mass is 535 g/mol. The van der Waals surface area contributed by atoms with Crippen LogP contribution in [-0.4, -0.2) is 104 Å². The smallest absolute Gasteiger partial charge is 0.406 e. The van der Waals surface area contributed by atoms with Gasteiger partial charge >= 0.3 is 12.4 Å². The third-order valence-corrected chi connectivity index (χ3v) is 7.05. The van der Waals surface area contributed by atoms with Gasteiger partial charge in [0.15, 0.2) is 11.6 Å². The van der Waals surface area contributed by atoms with Crippen LogP contribution in [0.2, 0.25) is 0 Å². The highest BCUT2D eigenvalue weighted by molar-refractivity contribution is 5.89. The lowest BCUT2D eigenvalue weighted by Gasteiger charge is -2.37. The number of rotatable bonds is 6. The number of ether oxygens (including phenoxy) is 2. The Bertz CT molecular complexity index is 1050. The summed E-state index contributed by atoms with van der Waals surface area (Å²) >= 11 is 0. The van der Waals surface area contributed by atoms with Gasteiger partial charge in [-0.05, 0) is 49.2 Å². The van der Waals surface area contributed by atoms with E-state index in [1.807, 2.05) is 12.1 Å². The van der Waals surface area contributed by atoms with Crippen molar-refractivity contribution in [3.8, 4) is 5.75 Å². The molecule has 1 unspecified atom stereocenters. The first-order valence-electron chi connectivity index (χ1n) is 12.9. The quantitative estimate of drug-likeness (QED) is 0.605.